The Morgan fingerprint density at radius 2 is 0.500 bits per heavy atom. The van der Waals surface area contributed by atoms with Crippen LogP contribution >= 0.6 is 0 Å². The van der Waals surface area contributed by atoms with E-state index in [0.717, 1.165) is 51.4 Å². The molecule has 0 bridgehead atoms. The van der Waals surface area contributed by atoms with Gasteiger partial charge in [0, 0.05) is 39.3 Å². The van der Waals surface area contributed by atoms with Crippen molar-refractivity contribution in [3.8, 4) is 0 Å². The van der Waals surface area contributed by atoms with E-state index in [1.165, 1.54) is 103 Å². The predicted molar refractivity (Wildman–Crippen MR) is 242 cm³/mol. The summed E-state index contributed by atoms with van der Waals surface area (Å²) in [6.45, 7) is 6.88. The Morgan fingerprint density at radius 1 is 0.323 bits per heavy atom. The molecule has 0 aromatic carbocycles. The quantitative estimate of drug-likeness (QED) is 0.0315. The number of aromatic nitrogens is 6. The molecule has 0 saturated heterocycles. The molecule has 0 amide bonds. The van der Waals surface area contributed by atoms with Crippen LogP contribution in [0.3, 0.4) is 0 Å². The van der Waals surface area contributed by atoms with Gasteiger partial charge < -0.3 is 41.0 Å². The van der Waals surface area contributed by atoms with E-state index in [1.54, 1.807) is 0 Å². The zero-order valence-corrected chi connectivity index (χ0v) is 44.2. The van der Waals surface area contributed by atoms with E-state index in [9.17, 15) is 25.9 Å². The van der Waals surface area contributed by atoms with E-state index >= 15 is 0 Å². The summed E-state index contributed by atoms with van der Waals surface area (Å²) in [5, 5.41) is 18.6. The average molecular weight is 931 g/mol. The third-order valence-corrected chi connectivity index (χ3v) is 11.2. The third-order valence-electron chi connectivity index (χ3n) is 9.84. The maximum absolute atomic E-state index is 11.1. The molecule has 0 unspecified atom stereocenters. The van der Waals surface area contributed by atoms with Crippen LogP contribution in [0.25, 0.3) is 0 Å². The molecule has 18 nitrogen and oxygen atoms in total. The summed E-state index contributed by atoms with van der Waals surface area (Å²) >= 11 is 0. The van der Waals surface area contributed by atoms with E-state index in [0.29, 0.717) is 50.0 Å². The zero-order valence-electron chi connectivity index (χ0n) is 38.6. The molecule has 62 heavy (non-hydrogen) atoms. The van der Waals surface area contributed by atoms with Crippen molar-refractivity contribution in [1.82, 2.24) is 29.9 Å². The van der Waals surface area contributed by atoms with Gasteiger partial charge in [0.1, 0.15) is 0 Å². The van der Waals surface area contributed by atoms with Gasteiger partial charge in [-0.15, -0.1) is 0 Å². The van der Waals surface area contributed by atoms with Crippen molar-refractivity contribution in [3.05, 3.63) is 0 Å². The second-order valence-electron chi connectivity index (χ2n) is 15.5. The number of nitrogens with zero attached hydrogens (tertiary/aromatic N) is 6. The van der Waals surface area contributed by atoms with Gasteiger partial charge >= 0.3 is 59.1 Å². The molecule has 0 aliphatic rings. The van der Waals surface area contributed by atoms with Crippen molar-refractivity contribution in [3.63, 3.8) is 0 Å². The molecule has 22 heteroatoms. The van der Waals surface area contributed by atoms with Crippen LogP contribution < -0.4 is 91.0 Å². The maximum Gasteiger partial charge on any atom is 1.00 e. The standard InChI is InChI=1S/C40H78N12O6S2.2Na/c1-3-5-7-9-11-13-15-17-19-23-27-41-35-47-37(51-39(49-35)45-31-33-59(53,54)55)43-29-25-21-22-26-30-44-38-48-36(50-40(52-38)46-32-34-60(56,57)58)42-28-24-20-18-16-14-12-10-8-6-4-2;;/h3-34H2,1-2H3,(H,53,54,55)(H,56,57,58)(H3,41,43,45,47,49,51)(H3,42,44,46,48,50,52);;/q;2*+1/p-2. The zero-order chi connectivity index (χ0) is 43.6. The van der Waals surface area contributed by atoms with Gasteiger partial charge in [-0.05, 0) is 25.7 Å². The average Bonchev–Trinajstić information content (AvgIpc) is 3.19. The van der Waals surface area contributed by atoms with Gasteiger partial charge in [0.25, 0.3) is 0 Å². The normalized spacial score (nSPS) is 11.4. The molecule has 0 aliphatic carbocycles. The number of nitrogens with one attached hydrogen (secondary N) is 6. The fourth-order valence-electron chi connectivity index (χ4n) is 6.43. The van der Waals surface area contributed by atoms with E-state index in [4.69, 9.17) is 0 Å². The SMILES string of the molecule is CCCCCCCCCCCCNc1nc(NCCCCCCNc2nc(NCCCCCCCCCCCC)nc(NCCS(=O)(=O)[O-])n2)nc(NCCS(=O)(=O)[O-])n1.[Na+].[Na+]. The van der Waals surface area contributed by atoms with Crippen LogP contribution in [-0.2, 0) is 20.2 Å². The van der Waals surface area contributed by atoms with Crippen LogP contribution in [0.1, 0.15) is 168 Å². The molecule has 0 spiro atoms. The van der Waals surface area contributed by atoms with Crippen molar-refractivity contribution in [2.45, 2.75) is 168 Å². The van der Waals surface area contributed by atoms with Crippen molar-refractivity contribution in [1.29, 1.82) is 0 Å². The second-order valence-corrected chi connectivity index (χ2v) is 18.5. The van der Waals surface area contributed by atoms with Crippen molar-refractivity contribution < 1.29 is 85.1 Å². The van der Waals surface area contributed by atoms with Crippen molar-refractivity contribution >= 4 is 55.9 Å². The number of hydrogen-bond acceptors (Lipinski definition) is 18. The first kappa shape index (κ1) is 60.6. The number of unbranched alkanes of at least 4 members (excludes halogenated alkanes) is 21. The minimum Gasteiger partial charge on any atom is -0.748 e. The van der Waals surface area contributed by atoms with Gasteiger partial charge in [-0.3, -0.25) is 0 Å². The molecule has 346 valence electrons. The molecule has 0 atom stereocenters. The smallest absolute Gasteiger partial charge is 0.748 e. The first-order chi connectivity index (χ1) is 29.0. The van der Waals surface area contributed by atoms with Crippen LogP contribution in [0.5, 0.6) is 0 Å². The van der Waals surface area contributed by atoms with Gasteiger partial charge in [0.05, 0.1) is 31.7 Å². The van der Waals surface area contributed by atoms with E-state index < -0.39 is 31.7 Å². The van der Waals surface area contributed by atoms with Gasteiger partial charge in [-0.2, -0.15) is 29.9 Å². The molecule has 2 rings (SSSR count). The molecule has 0 saturated carbocycles. The Hall–Kier alpha value is -1.36. The minimum absolute atomic E-state index is 0. The van der Waals surface area contributed by atoms with Gasteiger partial charge in [0.15, 0.2) is 0 Å². The van der Waals surface area contributed by atoms with Crippen LogP contribution in [0.2, 0.25) is 0 Å². The summed E-state index contributed by atoms with van der Waals surface area (Å²) < 4.78 is 66.6. The monoisotopic (exact) mass is 931 g/mol. The first-order valence-corrected chi connectivity index (χ1v) is 26.0. The van der Waals surface area contributed by atoms with Crippen molar-refractivity contribution in [2.24, 2.45) is 0 Å². The molecule has 2 heterocycles. The fraction of sp³-hybridized carbons (Fsp3) is 0.850. The summed E-state index contributed by atoms with van der Waals surface area (Å²) in [5.74, 6) is 0.709. The molecule has 0 aliphatic heterocycles. The summed E-state index contributed by atoms with van der Waals surface area (Å²) in [4.78, 5) is 26.5. The Bertz CT molecular complexity index is 1500. The third kappa shape index (κ3) is 35.9. The Balaban J connectivity index is 0.0000186. The summed E-state index contributed by atoms with van der Waals surface area (Å²) in [7, 11) is -8.75. The number of anilines is 6. The van der Waals surface area contributed by atoms with Crippen LogP contribution in [0.4, 0.5) is 35.7 Å². The maximum atomic E-state index is 11.1. The molecular formula is C40H76N12Na2O6S2. The fourth-order valence-corrected chi connectivity index (χ4v) is 7.14. The Morgan fingerprint density at radius 3 is 0.694 bits per heavy atom. The topological polar surface area (TPSA) is 264 Å². The van der Waals surface area contributed by atoms with Crippen molar-refractivity contribution in [2.75, 3.05) is 82.7 Å². The first-order valence-electron chi connectivity index (χ1n) is 22.8. The molecule has 0 fully saturated rings. The molecule has 6 N–H and O–H groups in total. The van der Waals surface area contributed by atoms with Crippen LogP contribution in [0.15, 0.2) is 0 Å². The molecule has 2 aromatic heterocycles. The predicted octanol–water partition coefficient (Wildman–Crippen LogP) is 1.73. The van der Waals surface area contributed by atoms with Gasteiger partial charge in [-0.1, -0.05) is 142 Å². The van der Waals surface area contributed by atoms with Crippen LogP contribution in [0, 0.1) is 0 Å². The van der Waals surface area contributed by atoms with E-state index in [-0.39, 0.29) is 84.1 Å². The summed E-state index contributed by atoms with van der Waals surface area (Å²) in [5.41, 5.74) is 0. The van der Waals surface area contributed by atoms with E-state index in [2.05, 4.69) is 75.7 Å². The summed E-state index contributed by atoms with van der Waals surface area (Å²) in [6.07, 6.45) is 28.3. The molecular weight excluding hydrogens is 855 g/mol. The number of hydrogen-bond donors (Lipinski definition) is 6. The Labute approximate surface area is 418 Å². The second kappa shape index (κ2) is 38.9. The van der Waals surface area contributed by atoms with Gasteiger partial charge in [0.2, 0.25) is 35.7 Å². The summed E-state index contributed by atoms with van der Waals surface area (Å²) in [6, 6.07) is 0. The van der Waals surface area contributed by atoms with Gasteiger partial charge in [-0.25, -0.2) is 16.8 Å². The molecule has 2 aromatic rings. The van der Waals surface area contributed by atoms with Crippen LogP contribution in [-0.4, -0.2) is 107 Å². The number of rotatable bonds is 41. The Kier molecular flexibility index (Phi) is 38.0. The molecule has 0 radical (unpaired) electrons. The van der Waals surface area contributed by atoms with E-state index in [1.807, 2.05) is 0 Å². The minimum atomic E-state index is -4.38. The largest absolute Gasteiger partial charge is 1.00 e.